The lowest BCUT2D eigenvalue weighted by atomic mass is 10.5. The van der Waals surface area contributed by atoms with Crippen LogP contribution in [0.1, 0.15) is 11.5 Å². The monoisotopic (exact) mass is 114 g/mol. The standard InChI is InChI=1S/C5H7FN2/c1-3-5(6)8-4(2)7-3/h1-2H3,(H,7,8). The highest BCUT2D eigenvalue weighted by molar-refractivity contribution is 4.98. The van der Waals surface area contributed by atoms with Crippen LogP contribution in [-0.4, -0.2) is 9.97 Å². The molecule has 1 heterocycles. The molecule has 0 radical (unpaired) electrons. The summed E-state index contributed by atoms with van der Waals surface area (Å²) in [6, 6.07) is 0. The Morgan fingerprint density at radius 2 is 2.12 bits per heavy atom. The average Bonchev–Trinajstić information content (AvgIpc) is 1.85. The van der Waals surface area contributed by atoms with E-state index >= 15 is 0 Å². The van der Waals surface area contributed by atoms with Gasteiger partial charge in [0, 0.05) is 0 Å². The smallest absolute Gasteiger partial charge is 0.233 e. The van der Waals surface area contributed by atoms with Crippen molar-refractivity contribution in [1.29, 1.82) is 0 Å². The molecule has 1 N–H and O–H groups in total. The van der Waals surface area contributed by atoms with Crippen molar-refractivity contribution in [2.75, 3.05) is 0 Å². The molecule has 0 fully saturated rings. The zero-order valence-electron chi connectivity index (χ0n) is 4.83. The molecule has 0 aliphatic rings. The lowest BCUT2D eigenvalue weighted by molar-refractivity contribution is 0.580. The minimum absolute atomic E-state index is 0.400. The fourth-order valence-corrected chi connectivity index (χ4v) is 0.582. The van der Waals surface area contributed by atoms with Gasteiger partial charge in [0.1, 0.15) is 5.82 Å². The molecule has 0 amide bonds. The zero-order chi connectivity index (χ0) is 6.15. The van der Waals surface area contributed by atoms with Crippen molar-refractivity contribution in [2.45, 2.75) is 13.8 Å². The van der Waals surface area contributed by atoms with Gasteiger partial charge < -0.3 is 4.98 Å². The maximum absolute atomic E-state index is 12.2. The van der Waals surface area contributed by atoms with Crippen LogP contribution in [-0.2, 0) is 0 Å². The first kappa shape index (κ1) is 5.28. The highest BCUT2D eigenvalue weighted by atomic mass is 19.1. The first-order valence-corrected chi connectivity index (χ1v) is 2.39. The van der Waals surface area contributed by atoms with Crippen molar-refractivity contribution in [1.82, 2.24) is 9.97 Å². The number of nitrogens with zero attached hydrogens (tertiary/aromatic N) is 1. The summed E-state index contributed by atoms with van der Waals surface area (Å²) in [7, 11) is 0. The first-order chi connectivity index (χ1) is 3.70. The van der Waals surface area contributed by atoms with Crippen LogP contribution in [0.2, 0.25) is 0 Å². The summed E-state index contributed by atoms with van der Waals surface area (Å²) in [6.45, 7) is 3.37. The van der Waals surface area contributed by atoms with Gasteiger partial charge in [-0.2, -0.15) is 4.39 Å². The second-order valence-corrected chi connectivity index (χ2v) is 1.74. The van der Waals surface area contributed by atoms with Gasteiger partial charge in [-0.1, -0.05) is 0 Å². The molecule has 0 aliphatic carbocycles. The van der Waals surface area contributed by atoms with Crippen molar-refractivity contribution in [2.24, 2.45) is 0 Å². The lowest BCUT2D eigenvalue weighted by Crippen LogP contribution is -1.73. The Kier molecular flexibility index (Phi) is 1.04. The van der Waals surface area contributed by atoms with Gasteiger partial charge in [-0.25, -0.2) is 4.98 Å². The van der Waals surface area contributed by atoms with Crippen molar-refractivity contribution >= 4 is 0 Å². The zero-order valence-corrected chi connectivity index (χ0v) is 4.83. The van der Waals surface area contributed by atoms with Crippen LogP contribution in [0.4, 0.5) is 4.39 Å². The van der Waals surface area contributed by atoms with E-state index in [9.17, 15) is 4.39 Å². The van der Waals surface area contributed by atoms with E-state index in [0.717, 1.165) is 0 Å². The minimum Gasteiger partial charge on any atom is -0.344 e. The summed E-state index contributed by atoms with van der Waals surface area (Å²) in [5.74, 6) is 0.225. The van der Waals surface area contributed by atoms with Crippen molar-refractivity contribution in [3.05, 3.63) is 17.5 Å². The Hall–Kier alpha value is -0.860. The third-order valence-corrected chi connectivity index (χ3v) is 0.944. The van der Waals surface area contributed by atoms with Crippen LogP contribution in [0.25, 0.3) is 0 Å². The van der Waals surface area contributed by atoms with Gasteiger partial charge >= 0.3 is 0 Å². The van der Waals surface area contributed by atoms with E-state index in [1.54, 1.807) is 13.8 Å². The van der Waals surface area contributed by atoms with E-state index in [1.165, 1.54) is 0 Å². The number of halogens is 1. The maximum atomic E-state index is 12.2. The summed E-state index contributed by atoms with van der Waals surface area (Å²) < 4.78 is 12.2. The van der Waals surface area contributed by atoms with Crippen LogP contribution in [0.15, 0.2) is 0 Å². The van der Waals surface area contributed by atoms with Gasteiger partial charge in [0.25, 0.3) is 0 Å². The molecule has 2 nitrogen and oxygen atoms in total. The average molecular weight is 114 g/mol. The van der Waals surface area contributed by atoms with Crippen LogP contribution in [0.5, 0.6) is 0 Å². The van der Waals surface area contributed by atoms with Gasteiger partial charge in [-0.05, 0) is 13.8 Å². The molecule has 3 heteroatoms. The summed E-state index contributed by atoms with van der Waals surface area (Å²) in [6.07, 6.45) is 0. The third-order valence-electron chi connectivity index (χ3n) is 0.944. The number of aromatic nitrogens is 2. The number of aromatic amines is 1. The van der Waals surface area contributed by atoms with Crippen LogP contribution >= 0.6 is 0 Å². The Labute approximate surface area is 46.8 Å². The number of imidazole rings is 1. The fourth-order valence-electron chi connectivity index (χ4n) is 0.582. The molecule has 1 aromatic heterocycles. The van der Waals surface area contributed by atoms with Crippen molar-refractivity contribution < 1.29 is 4.39 Å². The maximum Gasteiger partial charge on any atom is 0.233 e. The van der Waals surface area contributed by atoms with E-state index in [1.807, 2.05) is 0 Å². The molecular formula is C5H7FN2. The number of hydrogen-bond acceptors (Lipinski definition) is 1. The second kappa shape index (κ2) is 1.58. The van der Waals surface area contributed by atoms with E-state index in [0.29, 0.717) is 11.5 Å². The van der Waals surface area contributed by atoms with Gasteiger partial charge in [0.2, 0.25) is 5.95 Å². The third kappa shape index (κ3) is 0.710. The molecule has 0 unspecified atom stereocenters. The Morgan fingerprint density at radius 3 is 2.25 bits per heavy atom. The van der Waals surface area contributed by atoms with E-state index in [4.69, 9.17) is 0 Å². The number of hydrogen-bond donors (Lipinski definition) is 1. The van der Waals surface area contributed by atoms with Gasteiger partial charge in [0.05, 0.1) is 5.69 Å². The molecule has 1 aromatic rings. The summed E-state index contributed by atoms with van der Waals surface area (Å²) in [5, 5.41) is 0. The highest BCUT2D eigenvalue weighted by Gasteiger charge is 1.98. The van der Waals surface area contributed by atoms with E-state index in [-0.39, 0.29) is 0 Å². The lowest BCUT2D eigenvalue weighted by Gasteiger charge is -1.75. The van der Waals surface area contributed by atoms with Crippen molar-refractivity contribution in [3.8, 4) is 0 Å². The SMILES string of the molecule is Cc1nc(F)c(C)[nH]1. The summed E-state index contributed by atoms with van der Waals surface area (Å²) in [4.78, 5) is 6.21. The van der Waals surface area contributed by atoms with Gasteiger partial charge in [-0.3, -0.25) is 0 Å². The molecule has 8 heavy (non-hydrogen) atoms. The summed E-state index contributed by atoms with van der Waals surface area (Å²) >= 11 is 0. The largest absolute Gasteiger partial charge is 0.344 e. The van der Waals surface area contributed by atoms with E-state index in [2.05, 4.69) is 9.97 Å². The fraction of sp³-hybridized carbons (Fsp3) is 0.400. The molecule has 1 rings (SSSR count). The Bertz CT molecular complexity index is 173. The predicted molar refractivity (Wildman–Crippen MR) is 28.0 cm³/mol. The molecule has 0 atom stereocenters. The number of rotatable bonds is 0. The molecular weight excluding hydrogens is 107 g/mol. The predicted octanol–water partition coefficient (Wildman–Crippen LogP) is 1.17. The number of aryl methyl sites for hydroxylation is 2. The van der Waals surface area contributed by atoms with Crippen LogP contribution < -0.4 is 0 Å². The van der Waals surface area contributed by atoms with Crippen LogP contribution in [0.3, 0.4) is 0 Å². The Balaban J connectivity index is 3.14. The minimum atomic E-state index is -0.400. The highest BCUT2D eigenvalue weighted by Crippen LogP contribution is 1.99. The quantitative estimate of drug-likeness (QED) is 0.538. The number of H-pyrrole nitrogens is 1. The second-order valence-electron chi connectivity index (χ2n) is 1.74. The molecule has 0 spiro atoms. The topological polar surface area (TPSA) is 28.7 Å². The molecule has 0 bridgehead atoms. The molecule has 44 valence electrons. The van der Waals surface area contributed by atoms with Gasteiger partial charge in [-0.15, -0.1) is 0 Å². The van der Waals surface area contributed by atoms with Gasteiger partial charge in [0.15, 0.2) is 0 Å². The van der Waals surface area contributed by atoms with E-state index < -0.39 is 5.95 Å². The first-order valence-electron chi connectivity index (χ1n) is 2.39. The molecule has 0 aromatic carbocycles. The Morgan fingerprint density at radius 1 is 1.50 bits per heavy atom. The molecule has 0 saturated carbocycles. The van der Waals surface area contributed by atoms with Crippen LogP contribution in [0, 0.1) is 19.8 Å². The van der Waals surface area contributed by atoms with Crippen molar-refractivity contribution in [3.63, 3.8) is 0 Å². The number of nitrogens with one attached hydrogen (secondary N) is 1. The molecule has 0 aliphatic heterocycles. The summed E-state index contributed by atoms with van der Waals surface area (Å²) in [5.41, 5.74) is 0.502. The normalized spacial score (nSPS) is 9.88. The molecule has 0 saturated heterocycles.